The Morgan fingerprint density at radius 3 is 2.29 bits per heavy atom. The number of aliphatic hydroxyl groups excluding tert-OH is 2. The van der Waals surface area contributed by atoms with Gasteiger partial charge in [-0.25, -0.2) is 0 Å². The number of aliphatic hydroxyl groups is 3. The quantitative estimate of drug-likeness (QED) is 0.293. The highest BCUT2D eigenvalue weighted by Gasteiger charge is 2.63. The van der Waals surface area contributed by atoms with Crippen LogP contribution < -0.4 is 11.1 Å². The van der Waals surface area contributed by atoms with Gasteiger partial charge in [-0.2, -0.15) is 0 Å². The molecule has 0 radical (unpaired) electrons. The summed E-state index contributed by atoms with van der Waals surface area (Å²) < 4.78 is 0. The monoisotopic (exact) mass is 575 g/mol. The molecule has 1 amide bonds. The van der Waals surface area contributed by atoms with Crippen molar-refractivity contribution in [3.8, 4) is 16.9 Å². The number of phenolic OH excluding ortho intramolecular Hbond substituents is 1. The minimum absolute atomic E-state index is 0.0109. The highest BCUT2D eigenvalue weighted by molar-refractivity contribution is 6.24. The highest BCUT2D eigenvalue weighted by atomic mass is 16.3. The maximum Gasteiger partial charge on any atom is 0.255 e. The first-order chi connectivity index (χ1) is 19.6. The Morgan fingerprint density at radius 2 is 1.71 bits per heavy atom. The number of phenols is 1. The molecule has 0 aromatic heterocycles. The zero-order valence-electron chi connectivity index (χ0n) is 24.4. The van der Waals surface area contributed by atoms with Crippen LogP contribution in [0.1, 0.15) is 43.1 Å². The summed E-state index contributed by atoms with van der Waals surface area (Å²) in [5.74, 6) is -6.67. The van der Waals surface area contributed by atoms with E-state index >= 15 is 0 Å². The van der Waals surface area contributed by atoms with Gasteiger partial charge in [0.25, 0.3) is 5.91 Å². The van der Waals surface area contributed by atoms with E-state index in [1.807, 2.05) is 24.3 Å². The second-order valence-corrected chi connectivity index (χ2v) is 12.9. The third kappa shape index (κ3) is 4.46. The number of amides is 1. The number of hydrogen-bond acceptors (Lipinski definition) is 9. The Labute approximate surface area is 244 Å². The van der Waals surface area contributed by atoms with Crippen molar-refractivity contribution in [2.75, 3.05) is 26.0 Å². The number of nitrogens with zero attached hydrogens (tertiary/aromatic N) is 1. The molecule has 7 N–H and O–H groups in total. The Morgan fingerprint density at radius 1 is 1.07 bits per heavy atom. The topological polar surface area (TPSA) is 173 Å². The average molecular weight is 576 g/mol. The minimum Gasteiger partial charge on any atom is -0.510 e. The van der Waals surface area contributed by atoms with E-state index in [-0.39, 0.29) is 35.1 Å². The number of rotatable bonds is 5. The first-order valence-electron chi connectivity index (χ1n) is 13.9. The smallest absolute Gasteiger partial charge is 0.255 e. The maximum absolute atomic E-state index is 13.9. The number of primary amides is 1. The lowest BCUT2D eigenvalue weighted by molar-refractivity contribution is -0.148. The molecule has 0 saturated heterocycles. The van der Waals surface area contributed by atoms with Crippen molar-refractivity contribution in [1.29, 1.82) is 0 Å². The normalized spacial score (nSPS) is 25.7. The molecule has 222 valence electrons. The molecule has 0 aliphatic heterocycles. The molecule has 3 aliphatic carbocycles. The molecular formula is C32H37N3O7. The molecule has 2 aromatic carbocycles. The van der Waals surface area contributed by atoms with Gasteiger partial charge in [-0.15, -0.1) is 0 Å². The lowest BCUT2D eigenvalue weighted by atomic mass is 9.58. The summed E-state index contributed by atoms with van der Waals surface area (Å²) in [5, 5.41) is 48.3. The molecular weight excluding hydrogens is 538 g/mol. The van der Waals surface area contributed by atoms with E-state index in [4.69, 9.17) is 5.73 Å². The Balaban J connectivity index is 1.61. The molecule has 0 heterocycles. The van der Waals surface area contributed by atoms with Gasteiger partial charge >= 0.3 is 0 Å². The molecule has 0 bridgehead atoms. The van der Waals surface area contributed by atoms with Gasteiger partial charge in [0.2, 0.25) is 5.78 Å². The summed E-state index contributed by atoms with van der Waals surface area (Å²) in [7, 11) is 3.20. The maximum atomic E-state index is 13.9. The van der Waals surface area contributed by atoms with Crippen molar-refractivity contribution >= 4 is 23.2 Å². The zero-order chi connectivity index (χ0) is 30.9. The van der Waals surface area contributed by atoms with Crippen LogP contribution in [-0.2, 0) is 16.0 Å². The number of fused-ring (bicyclic) bond motifs is 3. The lowest BCUT2D eigenvalue weighted by Crippen LogP contribution is -2.63. The number of Topliss-reactive ketones (excluding diaryl/α,β-unsaturated/α-hetero) is 2. The van der Waals surface area contributed by atoms with Crippen LogP contribution in [0.4, 0.5) is 5.69 Å². The lowest BCUT2D eigenvalue weighted by Gasteiger charge is -2.50. The van der Waals surface area contributed by atoms with Crippen molar-refractivity contribution < 1.29 is 34.8 Å². The van der Waals surface area contributed by atoms with Crippen molar-refractivity contribution in [2.45, 2.75) is 45.3 Å². The Hall–Kier alpha value is -4.15. The molecule has 1 unspecified atom stereocenters. The number of anilines is 1. The number of allylic oxidation sites excluding steroid dienone is 1. The number of aromatic hydroxyl groups is 1. The highest BCUT2D eigenvalue weighted by Crippen LogP contribution is 2.53. The summed E-state index contributed by atoms with van der Waals surface area (Å²) in [6, 6.07) is 9.88. The molecule has 42 heavy (non-hydrogen) atoms. The summed E-state index contributed by atoms with van der Waals surface area (Å²) in [4.78, 5) is 41.0. The molecule has 10 nitrogen and oxygen atoms in total. The number of likely N-dealkylation sites (N-methyl/N-ethyl adjacent to an activating group) is 1. The zero-order valence-corrected chi connectivity index (χ0v) is 24.4. The molecule has 0 saturated carbocycles. The number of nitrogens with one attached hydrogen (secondary N) is 1. The van der Waals surface area contributed by atoms with E-state index in [1.54, 1.807) is 20.2 Å². The predicted molar refractivity (Wildman–Crippen MR) is 157 cm³/mol. The van der Waals surface area contributed by atoms with E-state index < -0.39 is 58.0 Å². The fourth-order valence-corrected chi connectivity index (χ4v) is 6.66. The van der Waals surface area contributed by atoms with E-state index in [9.17, 15) is 34.8 Å². The molecule has 0 spiro atoms. The van der Waals surface area contributed by atoms with Crippen molar-refractivity contribution in [3.63, 3.8) is 0 Å². The Bertz CT molecular complexity index is 1570. The van der Waals surface area contributed by atoms with Gasteiger partial charge in [0.15, 0.2) is 11.4 Å². The minimum atomic E-state index is -2.66. The largest absolute Gasteiger partial charge is 0.510 e. The molecule has 2 aromatic rings. The van der Waals surface area contributed by atoms with E-state index in [1.165, 1.54) is 11.0 Å². The molecule has 10 heteroatoms. The number of ketones is 2. The molecule has 0 fully saturated rings. The van der Waals surface area contributed by atoms with Crippen molar-refractivity contribution in [1.82, 2.24) is 4.90 Å². The van der Waals surface area contributed by atoms with E-state index in [2.05, 4.69) is 26.1 Å². The van der Waals surface area contributed by atoms with Crippen LogP contribution in [0, 0.1) is 17.3 Å². The SMILES string of the molecule is CN(C)C1C(O)=C(C(N)=O)C(=O)[C@@]2(O)C(O)=C3C(=O)c4c(O)ccc(-c5ccc(NCC(C)(C)C)cc5)c4C[C@H]3C[C@@H]12. The van der Waals surface area contributed by atoms with Gasteiger partial charge in [0.1, 0.15) is 22.8 Å². The van der Waals surface area contributed by atoms with Crippen LogP contribution in [0.15, 0.2) is 59.1 Å². The number of hydrogen-bond donors (Lipinski definition) is 6. The summed E-state index contributed by atoms with van der Waals surface area (Å²) in [6.45, 7) is 7.20. The van der Waals surface area contributed by atoms with Crippen LogP contribution in [0.3, 0.4) is 0 Å². The van der Waals surface area contributed by atoms with Crippen molar-refractivity contribution in [2.24, 2.45) is 23.0 Å². The predicted octanol–water partition coefficient (Wildman–Crippen LogP) is 3.25. The third-order valence-electron chi connectivity index (χ3n) is 8.62. The van der Waals surface area contributed by atoms with Crippen LogP contribution >= 0.6 is 0 Å². The first kappa shape index (κ1) is 29.3. The fraction of sp³-hybridized carbons (Fsp3) is 0.406. The average Bonchev–Trinajstić information content (AvgIpc) is 2.89. The third-order valence-corrected chi connectivity index (χ3v) is 8.62. The standard InChI is InChI=1S/C32H37N3O7/c1-31(2,3)14-34-17-8-6-15(7-9-17)18-10-11-21(36)23-19(18)12-16-13-20-25(35(4)5)27(38)24(30(33)41)29(40)32(20,42)28(39)22(16)26(23)37/h6-11,16,20,25,34,36,38-39,42H,12-14H2,1-5H3,(H2,33,41)/t16-,20-,25?,32-/m0/s1. The van der Waals surface area contributed by atoms with Gasteiger partial charge in [-0.3, -0.25) is 19.3 Å². The molecule has 4 atom stereocenters. The summed E-state index contributed by atoms with van der Waals surface area (Å²) in [6.07, 6.45) is 0.263. The number of nitrogens with two attached hydrogens (primary N) is 1. The molecule has 3 aliphatic rings. The Kier molecular flexibility index (Phi) is 6.98. The fourth-order valence-electron chi connectivity index (χ4n) is 6.66. The van der Waals surface area contributed by atoms with Crippen LogP contribution in [0.5, 0.6) is 5.75 Å². The first-order valence-corrected chi connectivity index (χ1v) is 13.9. The van der Waals surface area contributed by atoms with Gasteiger partial charge in [-0.1, -0.05) is 39.0 Å². The van der Waals surface area contributed by atoms with E-state index in [0.717, 1.165) is 23.4 Å². The number of benzene rings is 2. The second-order valence-electron chi connectivity index (χ2n) is 12.9. The van der Waals surface area contributed by atoms with Gasteiger partial charge in [0, 0.05) is 23.7 Å². The van der Waals surface area contributed by atoms with Crippen molar-refractivity contribution in [3.05, 3.63) is 70.2 Å². The van der Waals surface area contributed by atoms with Gasteiger partial charge < -0.3 is 31.5 Å². The summed E-state index contributed by atoms with van der Waals surface area (Å²) in [5.41, 5.74) is 4.91. The van der Waals surface area contributed by atoms with Crippen LogP contribution in [0.25, 0.3) is 11.1 Å². The van der Waals surface area contributed by atoms with Crippen LogP contribution in [-0.4, -0.2) is 75.1 Å². The van der Waals surface area contributed by atoms with Gasteiger partial charge in [0.05, 0.1) is 11.6 Å². The van der Waals surface area contributed by atoms with Gasteiger partial charge in [-0.05, 0) is 73.2 Å². The number of carbonyl (C=O) groups is 3. The van der Waals surface area contributed by atoms with E-state index in [0.29, 0.717) is 5.56 Å². The van der Waals surface area contributed by atoms with Crippen LogP contribution in [0.2, 0.25) is 0 Å². The molecule has 5 rings (SSSR count). The summed E-state index contributed by atoms with van der Waals surface area (Å²) >= 11 is 0. The number of carbonyl (C=O) groups excluding carboxylic acids is 3. The second kappa shape index (κ2) is 9.99.